The number of ether oxygens (including phenoxy) is 1. The maximum Gasteiger partial charge on any atom is 0.119 e. The van der Waals surface area contributed by atoms with Gasteiger partial charge < -0.3 is 10.5 Å². The minimum Gasteiger partial charge on any atom is -0.491 e. The monoisotopic (exact) mass is 261 g/mol. The predicted octanol–water partition coefficient (Wildman–Crippen LogP) is 4.44. The molecule has 1 aliphatic rings. The molecule has 2 nitrogen and oxygen atoms in total. The van der Waals surface area contributed by atoms with Crippen LogP contribution in [-0.2, 0) is 0 Å². The molecule has 0 amide bonds. The number of hydrogen-bond acceptors (Lipinski definition) is 2. The van der Waals surface area contributed by atoms with Crippen LogP contribution in [0.4, 0.5) is 0 Å². The van der Waals surface area contributed by atoms with Crippen molar-refractivity contribution in [3.8, 4) is 5.75 Å². The van der Waals surface area contributed by atoms with Gasteiger partial charge in [-0.25, -0.2) is 0 Å². The molecule has 1 fully saturated rings. The van der Waals surface area contributed by atoms with Crippen LogP contribution in [0.2, 0.25) is 0 Å². The molecular formula is C17H27NO. The molecule has 1 saturated carbocycles. The molecule has 1 aliphatic carbocycles. The fourth-order valence-electron chi connectivity index (χ4n) is 2.98. The number of rotatable bonds is 4. The Labute approximate surface area is 117 Å². The molecule has 1 atom stereocenters. The summed E-state index contributed by atoms with van der Waals surface area (Å²) >= 11 is 0. The highest BCUT2D eigenvalue weighted by Crippen LogP contribution is 2.32. The predicted molar refractivity (Wildman–Crippen MR) is 80.3 cm³/mol. The van der Waals surface area contributed by atoms with E-state index < -0.39 is 0 Å². The molecular weight excluding hydrogens is 234 g/mol. The zero-order valence-electron chi connectivity index (χ0n) is 12.3. The highest BCUT2D eigenvalue weighted by atomic mass is 16.5. The second-order valence-corrected chi connectivity index (χ2v) is 6.01. The highest BCUT2D eigenvalue weighted by Gasteiger charge is 2.20. The number of hydrogen-bond donors (Lipinski definition) is 1. The number of benzene rings is 1. The third-order valence-electron chi connectivity index (χ3n) is 4.04. The first-order valence-electron chi connectivity index (χ1n) is 7.69. The summed E-state index contributed by atoms with van der Waals surface area (Å²) < 4.78 is 5.67. The van der Waals surface area contributed by atoms with Crippen molar-refractivity contribution >= 4 is 0 Å². The molecule has 0 bridgehead atoms. The fraction of sp³-hybridized carbons (Fsp3) is 0.647. The van der Waals surface area contributed by atoms with Crippen LogP contribution in [0.5, 0.6) is 5.75 Å². The summed E-state index contributed by atoms with van der Waals surface area (Å²) in [6, 6.07) is 8.55. The van der Waals surface area contributed by atoms with Gasteiger partial charge in [0.1, 0.15) is 5.75 Å². The van der Waals surface area contributed by atoms with Gasteiger partial charge >= 0.3 is 0 Å². The smallest absolute Gasteiger partial charge is 0.119 e. The molecule has 0 aliphatic heterocycles. The van der Waals surface area contributed by atoms with E-state index in [0.717, 1.165) is 5.75 Å². The van der Waals surface area contributed by atoms with Crippen molar-refractivity contribution in [3.05, 3.63) is 29.8 Å². The first kappa shape index (κ1) is 14.4. The second-order valence-electron chi connectivity index (χ2n) is 6.01. The Bertz CT molecular complexity index is 363. The molecule has 0 radical (unpaired) electrons. The van der Waals surface area contributed by atoms with Gasteiger partial charge in [-0.15, -0.1) is 0 Å². The van der Waals surface area contributed by atoms with Crippen LogP contribution in [0.1, 0.15) is 64.0 Å². The van der Waals surface area contributed by atoms with Gasteiger partial charge in [0.15, 0.2) is 0 Å². The second kappa shape index (κ2) is 6.95. The molecule has 19 heavy (non-hydrogen) atoms. The third-order valence-corrected chi connectivity index (χ3v) is 4.04. The van der Waals surface area contributed by atoms with Gasteiger partial charge in [0, 0.05) is 6.04 Å². The first-order valence-corrected chi connectivity index (χ1v) is 7.69. The van der Waals surface area contributed by atoms with Crippen molar-refractivity contribution < 1.29 is 4.74 Å². The standard InChI is InChI=1S/C17H27NO/c1-13(2)19-16-11-9-15(10-12-16)17(18)14-7-5-3-4-6-8-14/h9-14,17H,3-8,18H2,1-2H3. The van der Waals surface area contributed by atoms with Crippen LogP contribution in [0.3, 0.4) is 0 Å². The fourth-order valence-corrected chi connectivity index (χ4v) is 2.98. The van der Waals surface area contributed by atoms with Crippen molar-refractivity contribution in [2.45, 2.75) is 64.5 Å². The molecule has 2 rings (SSSR count). The van der Waals surface area contributed by atoms with E-state index >= 15 is 0 Å². The molecule has 1 unspecified atom stereocenters. The summed E-state index contributed by atoms with van der Waals surface area (Å²) in [5.74, 6) is 1.59. The van der Waals surface area contributed by atoms with Crippen LogP contribution in [0.15, 0.2) is 24.3 Å². The Morgan fingerprint density at radius 1 is 1.00 bits per heavy atom. The summed E-state index contributed by atoms with van der Waals surface area (Å²) in [6.45, 7) is 4.09. The first-order chi connectivity index (χ1) is 9.16. The largest absolute Gasteiger partial charge is 0.491 e. The highest BCUT2D eigenvalue weighted by molar-refractivity contribution is 5.29. The van der Waals surface area contributed by atoms with Crippen LogP contribution in [0, 0.1) is 5.92 Å². The quantitative estimate of drug-likeness (QED) is 0.813. The lowest BCUT2D eigenvalue weighted by molar-refractivity contribution is 0.242. The van der Waals surface area contributed by atoms with Crippen LogP contribution in [-0.4, -0.2) is 6.10 Å². The van der Waals surface area contributed by atoms with Gasteiger partial charge in [-0.3, -0.25) is 0 Å². The minimum absolute atomic E-state index is 0.186. The van der Waals surface area contributed by atoms with Crippen molar-refractivity contribution in [1.29, 1.82) is 0 Å². The maximum absolute atomic E-state index is 6.45. The zero-order chi connectivity index (χ0) is 13.7. The Balaban J connectivity index is 1.99. The normalized spacial score (nSPS) is 19.2. The van der Waals surface area contributed by atoms with E-state index in [-0.39, 0.29) is 12.1 Å². The summed E-state index contributed by atoms with van der Waals surface area (Å²) in [5.41, 5.74) is 7.70. The topological polar surface area (TPSA) is 35.2 Å². The maximum atomic E-state index is 6.45. The van der Waals surface area contributed by atoms with Crippen LogP contribution >= 0.6 is 0 Å². The number of nitrogens with two attached hydrogens (primary N) is 1. The Morgan fingerprint density at radius 3 is 2.11 bits per heavy atom. The van der Waals surface area contributed by atoms with Gasteiger partial charge in [-0.1, -0.05) is 37.8 Å². The van der Waals surface area contributed by atoms with Gasteiger partial charge in [0.25, 0.3) is 0 Å². The molecule has 2 heteroatoms. The van der Waals surface area contributed by atoms with Gasteiger partial charge in [0.2, 0.25) is 0 Å². The molecule has 106 valence electrons. The Hall–Kier alpha value is -1.02. The van der Waals surface area contributed by atoms with E-state index in [1.165, 1.54) is 44.1 Å². The molecule has 0 spiro atoms. The Kier molecular flexibility index (Phi) is 5.26. The van der Waals surface area contributed by atoms with Crippen molar-refractivity contribution in [2.24, 2.45) is 11.7 Å². The summed E-state index contributed by atoms with van der Waals surface area (Å²) in [7, 11) is 0. The SMILES string of the molecule is CC(C)Oc1ccc(C(N)C2CCCCCC2)cc1. The molecule has 1 aromatic rings. The van der Waals surface area contributed by atoms with Crippen molar-refractivity contribution in [3.63, 3.8) is 0 Å². The van der Waals surface area contributed by atoms with Gasteiger partial charge in [-0.2, -0.15) is 0 Å². The minimum atomic E-state index is 0.186. The van der Waals surface area contributed by atoms with E-state index in [1.54, 1.807) is 0 Å². The van der Waals surface area contributed by atoms with Crippen molar-refractivity contribution in [1.82, 2.24) is 0 Å². The van der Waals surface area contributed by atoms with E-state index in [1.807, 2.05) is 26.0 Å². The summed E-state index contributed by atoms with van der Waals surface area (Å²) in [4.78, 5) is 0. The summed E-state index contributed by atoms with van der Waals surface area (Å²) in [6.07, 6.45) is 8.23. The van der Waals surface area contributed by atoms with E-state index in [4.69, 9.17) is 10.5 Å². The van der Waals surface area contributed by atoms with Gasteiger partial charge in [0.05, 0.1) is 6.10 Å². The zero-order valence-corrected chi connectivity index (χ0v) is 12.3. The van der Waals surface area contributed by atoms with Crippen LogP contribution in [0.25, 0.3) is 0 Å². The lowest BCUT2D eigenvalue weighted by atomic mass is 9.88. The third kappa shape index (κ3) is 4.24. The lowest BCUT2D eigenvalue weighted by Crippen LogP contribution is -2.21. The van der Waals surface area contributed by atoms with E-state index in [2.05, 4.69) is 12.1 Å². The van der Waals surface area contributed by atoms with Gasteiger partial charge in [-0.05, 0) is 50.3 Å². The molecule has 0 aromatic heterocycles. The Morgan fingerprint density at radius 2 is 1.58 bits per heavy atom. The molecule has 0 heterocycles. The molecule has 2 N–H and O–H groups in total. The average Bonchev–Trinajstić information content (AvgIpc) is 2.67. The van der Waals surface area contributed by atoms with Crippen molar-refractivity contribution in [2.75, 3.05) is 0 Å². The molecule has 1 aromatic carbocycles. The lowest BCUT2D eigenvalue weighted by Gasteiger charge is -2.23. The summed E-state index contributed by atoms with van der Waals surface area (Å²) in [5, 5.41) is 0. The average molecular weight is 261 g/mol. The van der Waals surface area contributed by atoms with E-state index in [0.29, 0.717) is 5.92 Å². The van der Waals surface area contributed by atoms with E-state index in [9.17, 15) is 0 Å². The van der Waals surface area contributed by atoms with Crippen LogP contribution < -0.4 is 10.5 Å². The molecule has 0 saturated heterocycles.